The Morgan fingerprint density at radius 1 is 1.37 bits per heavy atom. The molecule has 4 nitrogen and oxygen atoms in total. The van der Waals surface area contributed by atoms with Crippen molar-refractivity contribution in [2.45, 2.75) is 37.8 Å². The molecule has 0 aliphatic heterocycles. The smallest absolute Gasteiger partial charge is 0.252 e. The van der Waals surface area contributed by atoms with Crippen molar-refractivity contribution in [2.24, 2.45) is 5.41 Å². The first-order valence-corrected chi connectivity index (χ1v) is 8.75. The minimum absolute atomic E-state index is 0.00330. The van der Waals surface area contributed by atoms with Gasteiger partial charge in [-0.25, -0.2) is 8.42 Å². The Balaban J connectivity index is 2.97. The van der Waals surface area contributed by atoms with Gasteiger partial charge < -0.3 is 5.11 Å². The van der Waals surface area contributed by atoms with Gasteiger partial charge in [0.2, 0.25) is 0 Å². The van der Waals surface area contributed by atoms with Gasteiger partial charge >= 0.3 is 0 Å². The van der Waals surface area contributed by atoms with Crippen LogP contribution in [0.2, 0.25) is 0 Å². The van der Waals surface area contributed by atoms with Crippen LogP contribution in [0.25, 0.3) is 0 Å². The van der Waals surface area contributed by atoms with Crippen molar-refractivity contribution in [3.63, 3.8) is 0 Å². The zero-order valence-corrected chi connectivity index (χ0v) is 13.6. The van der Waals surface area contributed by atoms with Crippen LogP contribution < -0.4 is 0 Å². The molecule has 0 saturated carbocycles. The van der Waals surface area contributed by atoms with Gasteiger partial charge in [0.25, 0.3) is 10.0 Å². The molecule has 1 N–H and O–H groups in total. The molecule has 0 atom stereocenters. The quantitative estimate of drug-likeness (QED) is 0.842. The van der Waals surface area contributed by atoms with Crippen LogP contribution >= 0.6 is 11.3 Å². The van der Waals surface area contributed by atoms with Crippen molar-refractivity contribution in [2.75, 3.05) is 20.2 Å². The molecule has 1 aromatic rings. The van der Waals surface area contributed by atoms with Crippen LogP contribution in [-0.4, -0.2) is 38.0 Å². The molecular formula is C13H23NO3S2. The number of rotatable bonds is 7. The summed E-state index contributed by atoms with van der Waals surface area (Å²) in [4.78, 5) is 0. The molecule has 0 amide bonds. The minimum atomic E-state index is -3.44. The maximum absolute atomic E-state index is 12.4. The summed E-state index contributed by atoms with van der Waals surface area (Å²) in [5, 5.41) is 11.4. The van der Waals surface area contributed by atoms with Gasteiger partial charge in [0.05, 0.1) is 0 Å². The Morgan fingerprint density at radius 3 is 2.32 bits per heavy atom. The first kappa shape index (κ1) is 16.6. The van der Waals surface area contributed by atoms with E-state index in [2.05, 4.69) is 0 Å². The second-order valence-corrected chi connectivity index (χ2v) is 8.25. The highest BCUT2D eigenvalue weighted by atomic mass is 32.2. The average Bonchev–Trinajstić information content (AvgIpc) is 2.83. The van der Waals surface area contributed by atoms with Gasteiger partial charge in [0.15, 0.2) is 0 Å². The predicted octanol–water partition coefficient (Wildman–Crippen LogP) is 2.48. The molecule has 1 heterocycles. The van der Waals surface area contributed by atoms with E-state index in [-0.39, 0.29) is 12.0 Å². The van der Waals surface area contributed by atoms with Crippen molar-refractivity contribution in [1.29, 1.82) is 0 Å². The molecule has 1 aromatic heterocycles. The molecule has 0 aliphatic carbocycles. The van der Waals surface area contributed by atoms with Crippen molar-refractivity contribution in [3.05, 3.63) is 17.0 Å². The zero-order chi connectivity index (χ0) is 14.7. The molecule has 0 saturated heterocycles. The maximum atomic E-state index is 12.4. The van der Waals surface area contributed by atoms with E-state index in [1.54, 1.807) is 13.1 Å². The number of hydrogen-bond donors (Lipinski definition) is 1. The van der Waals surface area contributed by atoms with Gasteiger partial charge in [0, 0.05) is 25.6 Å². The number of aliphatic hydroxyl groups is 1. The van der Waals surface area contributed by atoms with Gasteiger partial charge in [0.1, 0.15) is 4.21 Å². The normalized spacial score (nSPS) is 13.2. The molecule has 0 spiro atoms. The van der Waals surface area contributed by atoms with Crippen LogP contribution in [0.5, 0.6) is 0 Å². The monoisotopic (exact) mass is 305 g/mol. The van der Waals surface area contributed by atoms with Gasteiger partial charge in [-0.1, -0.05) is 13.8 Å². The molecule has 0 radical (unpaired) electrons. The molecule has 110 valence electrons. The third-order valence-electron chi connectivity index (χ3n) is 3.76. The number of sulfonamides is 1. The van der Waals surface area contributed by atoms with E-state index in [1.807, 2.05) is 26.2 Å². The highest BCUT2D eigenvalue weighted by Gasteiger charge is 2.32. The SMILES string of the molecule is CCC(CC)(CO)CN(C)S(=O)(=O)c1cc(C)cs1. The van der Waals surface area contributed by atoms with Crippen LogP contribution in [0.3, 0.4) is 0 Å². The van der Waals surface area contributed by atoms with Gasteiger partial charge in [-0.3, -0.25) is 0 Å². The standard InChI is InChI=1S/C13H23NO3S2/c1-5-13(6-2,10-15)9-14(4)19(16,17)12-7-11(3)8-18-12/h7-8,15H,5-6,9-10H2,1-4H3. The maximum Gasteiger partial charge on any atom is 0.252 e. The van der Waals surface area contributed by atoms with E-state index in [9.17, 15) is 13.5 Å². The summed E-state index contributed by atoms with van der Waals surface area (Å²) in [5.74, 6) is 0. The van der Waals surface area contributed by atoms with Crippen molar-refractivity contribution in [1.82, 2.24) is 4.31 Å². The third kappa shape index (κ3) is 3.56. The molecule has 19 heavy (non-hydrogen) atoms. The number of thiophene rings is 1. The first-order valence-electron chi connectivity index (χ1n) is 6.43. The second kappa shape index (κ2) is 6.35. The Morgan fingerprint density at radius 2 is 1.95 bits per heavy atom. The van der Waals surface area contributed by atoms with E-state index in [1.165, 1.54) is 15.6 Å². The molecule has 6 heteroatoms. The largest absolute Gasteiger partial charge is 0.396 e. The molecule has 0 fully saturated rings. The van der Waals surface area contributed by atoms with Crippen molar-refractivity contribution < 1.29 is 13.5 Å². The molecule has 0 aromatic carbocycles. The highest BCUT2D eigenvalue weighted by Crippen LogP contribution is 2.30. The van der Waals surface area contributed by atoms with Crippen molar-refractivity contribution >= 4 is 21.4 Å². The summed E-state index contributed by atoms with van der Waals surface area (Å²) in [6.45, 7) is 6.19. The topological polar surface area (TPSA) is 57.6 Å². The van der Waals surface area contributed by atoms with E-state index >= 15 is 0 Å². The summed E-state index contributed by atoms with van der Waals surface area (Å²) in [5.41, 5.74) is 0.602. The third-order valence-corrected chi connectivity index (χ3v) is 7.10. The Labute approximate surface area is 120 Å². The fraction of sp³-hybridized carbons (Fsp3) is 0.692. The second-order valence-electron chi connectivity index (χ2n) is 5.07. The summed E-state index contributed by atoms with van der Waals surface area (Å²) in [7, 11) is -1.86. The predicted molar refractivity (Wildman–Crippen MR) is 79.0 cm³/mol. The van der Waals surface area contributed by atoms with Crippen LogP contribution in [0.4, 0.5) is 0 Å². The molecule has 0 bridgehead atoms. The zero-order valence-electron chi connectivity index (χ0n) is 12.0. The molecule has 0 unspecified atom stereocenters. The Kier molecular flexibility index (Phi) is 5.55. The van der Waals surface area contributed by atoms with E-state index in [4.69, 9.17) is 0 Å². The number of aryl methyl sites for hydroxylation is 1. The van der Waals surface area contributed by atoms with Crippen LogP contribution in [-0.2, 0) is 10.0 Å². The lowest BCUT2D eigenvalue weighted by Crippen LogP contribution is -2.40. The summed E-state index contributed by atoms with van der Waals surface area (Å²) in [6, 6.07) is 1.69. The van der Waals surface area contributed by atoms with Crippen molar-refractivity contribution in [3.8, 4) is 0 Å². The molecule has 0 aliphatic rings. The van der Waals surface area contributed by atoms with Gasteiger partial charge in [-0.15, -0.1) is 11.3 Å². The fourth-order valence-electron chi connectivity index (χ4n) is 2.00. The van der Waals surface area contributed by atoms with Crippen LogP contribution in [0.15, 0.2) is 15.7 Å². The number of aliphatic hydroxyl groups excluding tert-OH is 1. The Bertz CT molecular complexity index is 495. The lowest BCUT2D eigenvalue weighted by atomic mass is 9.83. The van der Waals surface area contributed by atoms with Crippen LogP contribution in [0, 0.1) is 12.3 Å². The lowest BCUT2D eigenvalue weighted by Gasteiger charge is -2.33. The lowest BCUT2D eigenvalue weighted by molar-refractivity contribution is 0.0972. The minimum Gasteiger partial charge on any atom is -0.396 e. The van der Waals surface area contributed by atoms with Gasteiger partial charge in [-0.05, 0) is 36.8 Å². The van der Waals surface area contributed by atoms with E-state index in [0.717, 1.165) is 18.4 Å². The van der Waals surface area contributed by atoms with Crippen LogP contribution in [0.1, 0.15) is 32.3 Å². The summed E-state index contributed by atoms with van der Waals surface area (Å²) < 4.78 is 26.6. The molecular weight excluding hydrogens is 282 g/mol. The summed E-state index contributed by atoms with van der Waals surface area (Å²) >= 11 is 1.24. The first-order chi connectivity index (χ1) is 8.81. The number of nitrogens with zero attached hydrogens (tertiary/aromatic N) is 1. The highest BCUT2D eigenvalue weighted by molar-refractivity contribution is 7.91. The van der Waals surface area contributed by atoms with E-state index < -0.39 is 10.0 Å². The van der Waals surface area contributed by atoms with Gasteiger partial charge in [-0.2, -0.15) is 4.31 Å². The average molecular weight is 305 g/mol. The van der Waals surface area contributed by atoms with E-state index in [0.29, 0.717) is 10.8 Å². The molecule has 1 rings (SSSR count). The fourth-order valence-corrected chi connectivity index (χ4v) is 4.72. The summed E-state index contributed by atoms with van der Waals surface area (Å²) in [6.07, 6.45) is 1.51. The Hall–Kier alpha value is -0.430. The number of hydrogen-bond acceptors (Lipinski definition) is 4.